The third kappa shape index (κ3) is 3.11. The van der Waals surface area contributed by atoms with Gasteiger partial charge in [-0.15, -0.1) is 12.4 Å². The van der Waals surface area contributed by atoms with Gasteiger partial charge in [-0.25, -0.2) is 0 Å². The summed E-state index contributed by atoms with van der Waals surface area (Å²) in [4.78, 5) is 2.38. The summed E-state index contributed by atoms with van der Waals surface area (Å²) in [6, 6.07) is 8.51. The van der Waals surface area contributed by atoms with E-state index in [-0.39, 0.29) is 12.4 Å². The Labute approximate surface area is 103 Å². The van der Waals surface area contributed by atoms with E-state index in [0.29, 0.717) is 6.04 Å². The zero-order chi connectivity index (χ0) is 10.7. The van der Waals surface area contributed by atoms with E-state index in [1.54, 1.807) is 7.11 Å². The third-order valence-corrected chi connectivity index (χ3v) is 2.90. The van der Waals surface area contributed by atoms with Gasteiger partial charge in [0.1, 0.15) is 5.75 Å². The van der Waals surface area contributed by atoms with Crippen LogP contribution in [-0.2, 0) is 6.54 Å². The number of para-hydroxylation sites is 1. The van der Waals surface area contributed by atoms with Crippen molar-refractivity contribution in [3.05, 3.63) is 29.8 Å². The number of benzene rings is 1. The smallest absolute Gasteiger partial charge is 0.123 e. The Balaban J connectivity index is 0.00000128. The minimum Gasteiger partial charge on any atom is -0.496 e. The maximum absolute atomic E-state index is 5.88. The molecule has 2 N–H and O–H groups in total. The van der Waals surface area contributed by atoms with Crippen LogP contribution in [0.5, 0.6) is 5.75 Å². The van der Waals surface area contributed by atoms with Crippen LogP contribution in [0.25, 0.3) is 0 Å². The number of nitrogens with two attached hydrogens (primary N) is 1. The average Bonchev–Trinajstić information content (AvgIpc) is 2.65. The van der Waals surface area contributed by atoms with Crippen molar-refractivity contribution in [3.63, 3.8) is 0 Å². The van der Waals surface area contributed by atoms with Gasteiger partial charge in [-0.3, -0.25) is 4.90 Å². The summed E-state index contributed by atoms with van der Waals surface area (Å²) in [6.45, 7) is 3.04. The summed E-state index contributed by atoms with van der Waals surface area (Å²) in [5, 5.41) is 0. The van der Waals surface area contributed by atoms with Crippen molar-refractivity contribution in [3.8, 4) is 5.75 Å². The molecule has 1 aliphatic heterocycles. The fraction of sp³-hybridized carbons (Fsp3) is 0.500. The van der Waals surface area contributed by atoms with E-state index in [2.05, 4.69) is 11.0 Å². The number of ether oxygens (including phenoxy) is 1. The fourth-order valence-corrected chi connectivity index (χ4v) is 2.08. The van der Waals surface area contributed by atoms with E-state index < -0.39 is 0 Å². The topological polar surface area (TPSA) is 38.5 Å². The highest BCUT2D eigenvalue weighted by molar-refractivity contribution is 5.85. The summed E-state index contributed by atoms with van der Waals surface area (Å²) in [7, 11) is 1.72. The Kier molecular flexibility index (Phi) is 5.06. The van der Waals surface area contributed by atoms with E-state index in [1.165, 1.54) is 5.56 Å². The average molecular weight is 243 g/mol. The van der Waals surface area contributed by atoms with Gasteiger partial charge >= 0.3 is 0 Å². The van der Waals surface area contributed by atoms with Crippen LogP contribution in [0.1, 0.15) is 12.0 Å². The summed E-state index contributed by atoms with van der Waals surface area (Å²) >= 11 is 0. The third-order valence-electron chi connectivity index (χ3n) is 2.90. The number of hydrogen-bond acceptors (Lipinski definition) is 3. The van der Waals surface area contributed by atoms with Gasteiger partial charge in [0.25, 0.3) is 0 Å². The largest absolute Gasteiger partial charge is 0.496 e. The van der Waals surface area contributed by atoms with Crippen LogP contribution in [0, 0.1) is 0 Å². The van der Waals surface area contributed by atoms with E-state index in [0.717, 1.165) is 31.8 Å². The van der Waals surface area contributed by atoms with Gasteiger partial charge in [-0.1, -0.05) is 18.2 Å². The summed E-state index contributed by atoms with van der Waals surface area (Å²) in [5.41, 5.74) is 7.12. The number of methoxy groups -OCH3 is 1. The Morgan fingerprint density at radius 3 is 2.81 bits per heavy atom. The lowest BCUT2D eigenvalue weighted by atomic mass is 10.2. The Morgan fingerprint density at radius 1 is 1.44 bits per heavy atom. The lowest BCUT2D eigenvalue weighted by molar-refractivity contribution is 0.317. The second kappa shape index (κ2) is 6.09. The molecule has 1 aliphatic rings. The van der Waals surface area contributed by atoms with Crippen LogP contribution < -0.4 is 10.5 Å². The molecule has 0 bridgehead atoms. The quantitative estimate of drug-likeness (QED) is 0.876. The number of nitrogens with zero attached hydrogens (tertiary/aromatic N) is 1. The predicted octanol–water partition coefficient (Wildman–Crippen LogP) is 1.65. The van der Waals surface area contributed by atoms with Crippen LogP contribution >= 0.6 is 12.4 Å². The van der Waals surface area contributed by atoms with Crippen molar-refractivity contribution < 1.29 is 4.74 Å². The van der Waals surface area contributed by atoms with Crippen molar-refractivity contribution in [1.29, 1.82) is 0 Å². The molecule has 90 valence electrons. The molecule has 1 atom stereocenters. The van der Waals surface area contributed by atoms with Gasteiger partial charge in [-0.05, 0) is 12.5 Å². The molecule has 0 amide bonds. The Bertz CT molecular complexity index is 333. The van der Waals surface area contributed by atoms with Crippen molar-refractivity contribution in [2.75, 3.05) is 20.2 Å². The van der Waals surface area contributed by atoms with Crippen molar-refractivity contribution in [1.82, 2.24) is 4.90 Å². The first-order chi connectivity index (χ1) is 7.29. The van der Waals surface area contributed by atoms with Crippen LogP contribution in [0.3, 0.4) is 0 Å². The highest BCUT2D eigenvalue weighted by atomic mass is 35.5. The number of hydrogen-bond donors (Lipinski definition) is 1. The van der Waals surface area contributed by atoms with Gasteiger partial charge in [-0.2, -0.15) is 0 Å². The first kappa shape index (κ1) is 13.3. The molecule has 0 aromatic heterocycles. The van der Waals surface area contributed by atoms with Crippen molar-refractivity contribution >= 4 is 12.4 Å². The minimum absolute atomic E-state index is 0. The molecule has 4 heteroatoms. The number of likely N-dealkylation sites (tertiary alicyclic amines) is 1. The first-order valence-electron chi connectivity index (χ1n) is 5.39. The SMILES string of the molecule is COc1ccccc1CN1CC[C@@H](N)C1.Cl. The van der Waals surface area contributed by atoms with Crippen molar-refractivity contribution in [2.45, 2.75) is 19.0 Å². The lowest BCUT2D eigenvalue weighted by Gasteiger charge is -2.16. The molecule has 1 saturated heterocycles. The molecular weight excluding hydrogens is 224 g/mol. The molecule has 1 aromatic rings. The summed E-state index contributed by atoms with van der Waals surface area (Å²) in [5.74, 6) is 0.970. The zero-order valence-corrected chi connectivity index (χ0v) is 10.4. The Hall–Kier alpha value is -0.770. The van der Waals surface area contributed by atoms with E-state index in [9.17, 15) is 0 Å². The Morgan fingerprint density at radius 2 is 2.19 bits per heavy atom. The van der Waals surface area contributed by atoms with Gasteiger partial charge in [0.05, 0.1) is 7.11 Å². The molecular formula is C12H19ClN2O. The highest BCUT2D eigenvalue weighted by Crippen LogP contribution is 2.20. The predicted molar refractivity (Wildman–Crippen MR) is 68.1 cm³/mol. The molecule has 0 unspecified atom stereocenters. The van der Waals surface area contributed by atoms with Gasteiger partial charge in [0, 0.05) is 31.2 Å². The summed E-state index contributed by atoms with van der Waals surface area (Å²) < 4.78 is 5.32. The second-order valence-corrected chi connectivity index (χ2v) is 4.10. The molecule has 0 saturated carbocycles. The molecule has 0 aliphatic carbocycles. The van der Waals surface area contributed by atoms with E-state index in [4.69, 9.17) is 10.5 Å². The van der Waals surface area contributed by atoms with Crippen LogP contribution in [0.4, 0.5) is 0 Å². The molecule has 3 nitrogen and oxygen atoms in total. The van der Waals surface area contributed by atoms with Crippen LogP contribution in [0.2, 0.25) is 0 Å². The maximum atomic E-state index is 5.88. The molecule has 1 aromatic carbocycles. The number of halogens is 1. The van der Waals surface area contributed by atoms with Gasteiger partial charge in [0.2, 0.25) is 0 Å². The van der Waals surface area contributed by atoms with E-state index in [1.807, 2.05) is 18.2 Å². The van der Waals surface area contributed by atoms with Gasteiger partial charge in [0.15, 0.2) is 0 Å². The second-order valence-electron chi connectivity index (χ2n) is 4.10. The zero-order valence-electron chi connectivity index (χ0n) is 9.56. The minimum atomic E-state index is 0. The first-order valence-corrected chi connectivity index (χ1v) is 5.39. The normalized spacial score (nSPS) is 20.5. The number of rotatable bonds is 3. The molecule has 2 rings (SSSR count). The van der Waals surface area contributed by atoms with Crippen molar-refractivity contribution in [2.24, 2.45) is 5.73 Å². The van der Waals surface area contributed by atoms with Crippen LogP contribution in [0.15, 0.2) is 24.3 Å². The maximum Gasteiger partial charge on any atom is 0.123 e. The van der Waals surface area contributed by atoms with E-state index >= 15 is 0 Å². The fourth-order valence-electron chi connectivity index (χ4n) is 2.08. The molecule has 16 heavy (non-hydrogen) atoms. The molecule has 1 heterocycles. The highest BCUT2D eigenvalue weighted by Gasteiger charge is 2.19. The van der Waals surface area contributed by atoms with Gasteiger partial charge < -0.3 is 10.5 Å². The molecule has 0 radical (unpaired) electrons. The standard InChI is InChI=1S/C12H18N2O.ClH/c1-15-12-5-3-2-4-10(12)8-14-7-6-11(13)9-14;/h2-5,11H,6-9,13H2,1H3;1H/t11-;/m1./s1. The molecule has 0 spiro atoms. The monoisotopic (exact) mass is 242 g/mol. The lowest BCUT2D eigenvalue weighted by Crippen LogP contribution is -2.26. The summed E-state index contributed by atoms with van der Waals surface area (Å²) in [6.07, 6.45) is 1.11. The van der Waals surface area contributed by atoms with Crippen LogP contribution in [-0.4, -0.2) is 31.1 Å². The molecule has 1 fully saturated rings.